The lowest BCUT2D eigenvalue weighted by Gasteiger charge is -2.38. The largest absolute Gasteiger partial charge is 0.375 e. The van der Waals surface area contributed by atoms with Gasteiger partial charge in [0.1, 0.15) is 0 Å². The molecule has 1 aliphatic rings. The van der Waals surface area contributed by atoms with Crippen LogP contribution in [0.3, 0.4) is 0 Å². The van der Waals surface area contributed by atoms with Crippen LogP contribution in [0, 0.1) is 5.92 Å². The van der Waals surface area contributed by atoms with E-state index in [4.69, 9.17) is 4.74 Å². The molecule has 1 aliphatic carbocycles. The quantitative estimate of drug-likeness (QED) is 0.620. The molecule has 1 saturated carbocycles. The molecule has 5 heteroatoms. The molecule has 0 spiro atoms. The summed E-state index contributed by atoms with van der Waals surface area (Å²) in [6.07, 6.45) is 6.58. The molecule has 0 N–H and O–H groups in total. The maximum atomic E-state index is 11.9. The van der Waals surface area contributed by atoms with Crippen LogP contribution in [0.2, 0.25) is 0 Å². The summed E-state index contributed by atoms with van der Waals surface area (Å²) in [5.74, 6) is 0.403. The fraction of sp³-hybridized carbons (Fsp3) is 1.00. The van der Waals surface area contributed by atoms with E-state index < -0.39 is 10.0 Å². The van der Waals surface area contributed by atoms with E-state index in [2.05, 4.69) is 13.8 Å². The molecular formula is C16H33NO3S. The minimum atomic E-state index is -3.17. The van der Waals surface area contributed by atoms with Crippen molar-refractivity contribution in [2.24, 2.45) is 5.92 Å². The molecule has 0 saturated heterocycles. The zero-order valence-corrected chi connectivity index (χ0v) is 15.4. The van der Waals surface area contributed by atoms with Crippen molar-refractivity contribution in [1.29, 1.82) is 0 Å². The first kappa shape index (κ1) is 18.9. The smallest absolute Gasteiger partial charge is 0.211 e. The molecular weight excluding hydrogens is 286 g/mol. The fourth-order valence-corrected chi connectivity index (χ4v) is 4.72. The zero-order valence-electron chi connectivity index (χ0n) is 14.6. The molecule has 0 amide bonds. The highest BCUT2D eigenvalue weighted by molar-refractivity contribution is 7.88. The second-order valence-corrected chi connectivity index (χ2v) is 8.97. The minimum Gasteiger partial charge on any atom is -0.375 e. The Kier molecular flexibility index (Phi) is 6.28. The van der Waals surface area contributed by atoms with Gasteiger partial charge in [-0.1, -0.05) is 27.2 Å². The molecule has 126 valence electrons. The highest BCUT2D eigenvalue weighted by Gasteiger charge is 2.43. The lowest BCUT2D eigenvalue weighted by molar-refractivity contribution is -0.00255. The molecule has 0 heterocycles. The molecule has 0 radical (unpaired) electrons. The Hall–Kier alpha value is -0.130. The van der Waals surface area contributed by atoms with Crippen LogP contribution in [-0.4, -0.2) is 43.3 Å². The van der Waals surface area contributed by atoms with Gasteiger partial charge in [-0.2, -0.15) is 4.31 Å². The first-order valence-electron chi connectivity index (χ1n) is 8.22. The van der Waals surface area contributed by atoms with E-state index in [0.29, 0.717) is 12.5 Å². The number of nitrogens with zero attached hydrogens (tertiary/aromatic N) is 1. The van der Waals surface area contributed by atoms with Crippen LogP contribution in [0.25, 0.3) is 0 Å². The summed E-state index contributed by atoms with van der Waals surface area (Å²) < 4.78 is 31.6. The van der Waals surface area contributed by atoms with Crippen LogP contribution in [0.15, 0.2) is 0 Å². The molecule has 0 aromatic carbocycles. The van der Waals surface area contributed by atoms with Gasteiger partial charge in [0.05, 0.1) is 18.5 Å². The standard InChI is InChI=1S/C16H33NO3S/c1-7-14(13-20-16(8-2)10-11-16)12-15(4,5)17(9-3)21(6,18)19/h14H,7-13H2,1-6H3/t14-/m1/s1. The van der Waals surface area contributed by atoms with Gasteiger partial charge in [0.25, 0.3) is 0 Å². The topological polar surface area (TPSA) is 46.6 Å². The van der Waals surface area contributed by atoms with Gasteiger partial charge < -0.3 is 4.74 Å². The van der Waals surface area contributed by atoms with Gasteiger partial charge >= 0.3 is 0 Å². The first-order valence-corrected chi connectivity index (χ1v) is 10.1. The summed E-state index contributed by atoms with van der Waals surface area (Å²) in [6, 6.07) is 0. The van der Waals surface area contributed by atoms with E-state index in [1.54, 1.807) is 4.31 Å². The van der Waals surface area contributed by atoms with E-state index in [1.165, 1.54) is 19.1 Å². The Morgan fingerprint density at radius 1 is 1.24 bits per heavy atom. The van der Waals surface area contributed by atoms with Crippen molar-refractivity contribution in [2.45, 2.75) is 77.9 Å². The van der Waals surface area contributed by atoms with Crippen LogP contribution in [0.4, 0.5) is 0 Å². The van der Waals surface area contributed by atoms with Gasteiger partial charge in [0.2, 0.25) is 10.0 Å². The average Bonchev–Trinajstić information content (AvgIpc) is 3.13. The summed E-state index contributed by atoms with van der Waals surface area (Å²) in [7, 11) is -3.17. The Bertz CT molecular complexity index is 427. The Balaban J connectivity index is 2.65. The van der Waals surface area contributed by atoms with Crippen molar-refractivity contribution >= 4 is 10.0 Å². The lowest BCUT2D eigenvalue weighted by atomic mass is 9.89. The van der Waals surface area contributed by atoms with Crippen LogP contribution in [-0.2, 0) is 14.8 Å². The van der Waals surface area contributed by atoms with Crippen LogP contribution in [0.1, 0.15) is 66.7 Å². The summed E-state index contributed by atoms with van der Waals surface area (Å²) >= 11 is 0. The molecule has 1 fully saturated rings. The fourth-order valence-electron chi connectivity index (χ4n) is 3.27. The Labute approximate surface area is 131 Å². The van der Waals surface area contributed by atoms with Gasteiger partial charge in [0, 0.05) is 12.1 Å². The summed E-state index contributed by atoms with van der Waals surface area (Å²) in [4.78, 5) is 0. The van der Waals surface area contributed by atoms with Crippen molar-refractivity contribution in [3.63, 3.8) is 0 Å². The van der Waals surface area contributed by atoms with Crippen LogP contribution < -0.4 is 0 Å². The third-order valence-electron chi connectivity index (χ3n) is 4.81. The van der Waals surface area contributed by atoms with Crippen molar-refractivity contribution < 1.29 is 13.2 Å². The maximum absolute atomic E-state index is 11.9. The van der Waals surface area contributed by atoms with Gasteiger partial charge in [-0.15, -0.1) is 0 Å². The predicted molar refractivity (Wildman–Crippen MR) is 87.9 cm³/mol. The van der Waals surface area contributed by atoms with Crippen molar-refractivity contribution in [2.75, 3.05) is 19.4 Å². The number of sulfonamides is 1. The van der Waals surface area contributed by atoms with Crippen molar-refractivity contribution in [3.05, 3.63) is 0 Å². The van der Waals surface area contributed by atoms with E-state index in [-0.39, 0.29) is 11.1 Å². The average molecular weight is 320 g/mol. The number of hydrogen-bond acceptors (Lipinski definition) is 3. The first-order chi connectivity index (χ1) is 9.60. The number of rotatable bonds is 10. The number of ether oxygens (including phenoxy) is 1. The number of hydrogen-bond donors (Lipinski definition) is 0. The molecule has 0 aromatic heterocycles. The molecule has 21 heavy (non-hydrogen) atoms. The second-order valence-electron chi connectivity index (χ2n) is 7.07. The van der Waals surface area contributed by atoms with Gasteiger partial charge in [-0.05, 0) is 45.4 Å². The Morgan fingerprint density at radius 3 is 2.14 bits per heavy atom. The van der Waals surface area contributed by atoms with Crippen molar-refractivity contribution in [1.82, 2.24) is 4.31 Å². The third kappa shape index (κ3) is 5.22. The van der Waals surface area contributed by atoms with Crippen LogP contribution >= 0.6 is 0 Å². The molecule has 0 aromatic rings. The molecule has 1 rings (SSSR count). The van der Waals surface area contributed by atoms with E-state index in [9.17, 15) is 8.42 Å². The molecule has 1 atom stereocenters. The normalized spacial score (nSPS) is 19.8. The summed E-state index contributed by atoms with van der Waals surface area (Å²) in [5, 5.41) is 0. The van der Waals surface area contributed by atoms with Gasteiger partial charge in [0.15, 0.2) is 0 Å². The summed E-state index contributed by atoms with van der Waals surface area (Å²) in [5.41, 5.74) is -0.228. The van der Waals surface area contributed by atoms with Gasteiger partial charge in [-0.25, -0.2) is 8.42 Å². The highest BCUT2D eigenvalue weighted by atomic mass is 32.2. The van der Waals surface area contributed by atoms with Crippen molar-refractivity contribution in [3.8, 4) is 0 Å². The van der Waals surface area contributed by atoms with Crippen LogP contribution in [0.5, 0.6) is 0 Å². The molecule has 0 aliphatic heterocycles. The monoisotopic (exact) mass is 319 g/mol. The Morgan fingerprint density at radius 2 is 1.81 bits per heavy atom. The molecule has 4 nitrogen and oxygen atoms in total. The predicted octanol–water partition coefficient (Wildman–Crippen LogP) is 3.42. The minimum absolute atomic E-state index is 0.138. The third-order valence-corrected chi connectivity index (χ3v) is 6.36. The highest BCUT2D eigenvalue weighted by Crippen LogP contribution is 2.43. The van der Waals surface area contributed by atoms with Gasteiger partial charge in [-0.3, -0.25) is 0 Å². The molecule has 0 bridgehead atoms. The SMILES string of the molecule is CC[C@@H](COC1(CC)CC1)CC(C)(C)N(CC)S(C)(=O)=O. The molecule has 0 unspecified atom stereocenters. The zero-order chi connectivity index (χ0) is 16.3. The van der Waals surface area contributed by atoms with E-state index >= 15 is 0 Å². The van der Waals surface area contributed by atoms with E-state index in [1.807, 2.05) is 20.8 Å². The second kappa shape index (κ2) is 6.97. The lowest BCUT2D eigenvalue weighted by Crippen LogP contribution is -2.48. The maximum Gasteiger partial charge on any atom is 0.211 e. The van der Waals surface area contributed by atoms with E-state index in [0.717, 1.165) is 25.9 Å². The summed E-state index contributed by atoms with van der Waals surface area (Å²) in [6.45, 7) is 11.5.